The molecule has 9 heteroatoms. The molecule has 3 aromatic rings. The number of anilines is 1. The van der Waals surface area contributed by atoms with Crippen LogP contribution in [0.3, 0.4) is 0 Å². The molecule has 0 aliphatic heterocycles. The summed E-state index contributed by atoms with van der Waals surface area (Å²) in [5, 5.41) is 22.1. The zero-order valence-corrected chi connectivity index (χ0v) is 12.5. The first-order chi connectivity index (χ1) is 10.5. The number of carbonyl (C=O) groups is 1. The third kappa shape index (κ3) is 2.42. The highest BCUT2D eigenvalue weighted by atomic mass is 32.1. The number of hydrogen-bond acceptors (Lipinski definition) is 6. The van der Waals surface area contributed by atoms with Crippen LogP contribution in [0.25, 0.3) is 10.9 Å². The third-order valence-corrected chi connectivity index (χ3v) is 4.09. The molecule has 0 saturated heterocycles. The summed E-state index contributed by atoms with van der Waals surface area (Å²) in [6.45, 7) is 3.65. The maximum Gasteiger partial charge on any atom is 0.277 e. The standard InChI is InChI=1S/C13H11N5O3S/c1-6-13(22-7(2)14-6)15-12(19)11-9-5-8(18(20)21)3-4-10(9)16-17-11/h3-5H,1-2H3,(H,15,19)(H,16,17). The Morgan fingerprint density at radius 1 is 1.41 bits per heavy atom. The van der Waals surface area contributed by atoms with Crippen molar-refractivity contribution >= 4 is 38.8 Å². The molecule has 0 saturated carbocycles. The average Bonchev–Trinajstić information content (AvgIpc) is 3.01. The van der Waals surface area contributed by atoms with Crippen molar-refractivity contribution in [3.8, 4) is 0 Å². The van der Waals surface area contributed by atoms with Gasteiger partial charge in [0.2, 0.25) is 0 Å². The van der Waals surface area contributed by atoms with Crippen LogP contribution in [0.4, 0.5) is 10.7 Å². The lowest BCUT2D eigenvalue weighted by Crippen LogP contribution is -2.12. The van der Waals surface area contributed by atoms with Gasteiger partial charge < -0.3 is 5.32 Å². The van der Waals surface area contributed by atoms with Gasteiger partial charge in [-0.1, -0.05) is 0 Å². The number of thiazole rings is 1. The molecule has 0 unspecified atom stereocenters. The number of nitro benzene ring substituents is 1. The highest BCUT2D eigenvalue weighted by Gasteiger charge is 2.18. The molecule has 2 N–H and O–H groups in total. The van der Waals surface area contributed by atoms with E-state index in [9.17, 15) is 14.9 Å². The number of nitrogens with one attached hydrogen (secondary N) is 2. The van der Waals surface area contributed by atoms with Crippen LogP contribution >= 0.6 is 11.3 Å². The van der Waals surface area contributed by atoms with Crippen LogP contribution in [-0.2, 0) is 0 Å². The van der Waals surface area contributed by atoms with Crippen molar-refractivity contribution in [1.82, 2.24) is 15.2 Å². The molecule has 0 aliphatic carbocycles. The number of nitrogens with zero attached hydrogens (tertiary/aromatic N) is 3. The Kier molecular flexibility index (Phi) is 3.33. The van der Waals surface area contributed by atoms with Crippen LogP contribution in [0.2, 0.25) is 0 Å². The Hall–Kier alpha value is -2.81. The van der Waals surface area contributed by atoms with Crippen LogP contribution in [0.5, 0.6) is 0 Å². The zero-order valence-electron chi connectivity index (χ0n) is 11.7. The number of non-ortho nitro benzene ring substituents is 1. The van der Waals surface area contributed by atoms with Gasteiger partial charge in [-0.2, -0.15) is 5.10 Å². The maximum absolute atomic E-state index is 12.3. The summed E-state index contributed by atoms with van der Waals surface area (Å²) in [4.78, 5) is 26.9. The lowest BCUT2D eigenvalue weighted by molar-refractivity contribution is -0.384. The van der Waals surface area contributed by atoms with E-state index in [1.54, 1.807) is 6.92 Å². The highest BCUT2D eigenvalue weighted by Crippen LogP contribution is 2.26. The van der Waals surface area contributed by atoms with Crippen LogP contribution < -0.4 is 5.32 Å². The van der Waals surface area contributed by atoms with Gasteiger partial charge >= 0.3 is 0 Å². The number of rotatable bonds is 3. The van der Waals surface area contributed by atoms with Crippen molar-refractivity contribution in [3.05, 3.63) is 44.7 Å². The Bertz CT molecular complexity index is 898. The second-order valence-electron chi connectivity index (χ2n) is 4.66. The van der Waals surface area contributed by atoms with E-state index >= 15 is 0 Å². The first-order valence-electron chi connectivity index (χ1n) is 6.33. The van der Waals surface area contributed by atoms with Gasteiger partial charge in [-0.05, 0) is 19.9 Å². The predicted molar refractivity (Wildman–Crippen MR) is 82.3 cm³/mol. The van der Waals surface area contributed by atoms with Gasteiger partial charge in [0.1, 0.15) is 5.00 Å². The minimum atomic E-state index is -0.509. The first-order valence-corrected chi connectivity index (χ1v) is 7.15. The zero-order chi connectivity index (χ0) is 15.9. The molecular weight excluding hydrogens is 306 g/mol. The van der Waals surface area contributed by atoms with E-state index in [4.69, 9.17) is 0 Å². The number of H-pyrrole nitrogens is 1. The van der Waals surface area contributed by atoms with Gasteiger partial charge in [-0.25, -0.2) is 4.98 Å². The summed E-state index contributed by atoms with van der Waals surface area (Å²) in [5.74, 6) is -0.432. The Labute approximate surface area is 128 Å². The number of carbonyl (C=O) groups excluding carboxylic acids is 1. The number of nitro groups is 1. The summed E-state index contributed by atoms with van der Waals surface area (Å²) >= 11 is 1.36. The van der Waals surface area contributed by atoms with Gasteiger partial charge in [-0.3, -0.25) is 20.0 Å². The molecule has 1 aromatic carbocycles. The second kappa shape index (κ2) is 5.19. The summed E-state index contributed by atoms with van der Waals surface area (Å²) in [5.41, 5.74) is 1.31. The van der Waals surface area contributed by atoms with Crippen LogP contribution in [0, 0.1) is 24.0 Å². The van der Waals surface area contributed by atoms with Gasteiger partial charge in [0.05, 0.1) is 21.1 Å². The van der Waals surface area contributed by atoms with E-state index in [0.717, 1.165) is 10.7 Å². The molecule has 2 heterocycles. The predicted octanol–water partition coefficient (Wildman–Crippen LogP) is 2.80. The molecule has 0 spiro atoms. The van der Waals surface area contributed by atoms with Gasteiger partial charge in [0.15, 0.2) is 5.69 Å². The highest BCUT2D eigenvalue weighted by molar-refractivity contribution is 7.16. The van der Waals surface area contributed by atoms with Crippen LogP contribution in [0.1, 0.15) is 21.2 Å². The smallest absolute Gasteiger partial charge is 0.277 e. The van der Waals surface area contributed by atoms with E-state index < -0.39 is 10.8 Å². The number of aromatic amines is 1. The normalized spacial score (nSPS) is 10.8. The number of benzene rings is 1. The molecule has 1 amide bonds. The minimum absolute atomic E-state index is 0.0900. The fraction of sp³-hybridized carbons (Fsp3) is 0.154. The quantitative estimate of drug-likeness (QED) is 0.569. The van der Waals surface area contributed by atoms with Crippen molar-refractivity contribution in [1.29, 1.82) is 0 Å². The Morgan fingerprint density at radius 2 is 2.18 bits per heavy atom. The molecular formula is C13H11N5O3S. The average molecular weight is 317 g/mol. The van der Waals surface area contributed by atoms with E-state index in [2.05, 4.69) is 20.5 Å². The summed E-state index contributed by atoms with van der Waals surface area (Å²) in [7, 11) is 0. The summed E-state index contributed by atoms with van der Waals surface area (Å²) in [6, 6.07) is 4.22. The van der Waals surface area contributed by atoms with Crippen molar-refractivity contribution < 1.29 is 9.72 Å². The minimum Gasteiger partial charge on any atom is -0.311 e. The maximum atomic E-state index is 12.3. The number of aromatic nitrogens is 3. The van der Waals surface area contributed by atoms with Gasteiger partial charge in [0, 0.05) is 17.5 Å². The lowest BCUT2D eigenvalue weighted by atomic mass is 10.2. The Morgan fingerprint density at radius 3 is 2.82 bits per heavy atom. The number of hydrogen-bond donors (Lipinski definition) is 2. The van der Waals surface area contributed by atoms with E-state index in [0.29, 0.717) is 15.9 Å². The molecule has 0 fully saturated rings. The van der Waals surface area contributed by atoms with Gasteiger partial charge in [-0.15, -0.1) is 11.3 Å². The van der Waals surface area contributed by atoms with Crippen LogP contribution in [-0.4, -0.2) is 26.0 Å². The fourth-order valence-electron chi connectivity index (χ4n) is 2.10. The molecule has 0 bridgehead atoms. The second-order valence-corrected chi connectivity index (χ2v) is 5.86. The van der Waals surface area contributed by atoms with Crippen LogP contribution in [0.15, 0.2) is 18.2 Å². The van der Waals surface area contributed by atoms with E-state index in [1.165, 1.54) is 29.5 Å². The molecule has 3 rings (SSSR count). The van der Waals surface area contributed by atoms with E-state index in [1.807, 2.05) is 6.92 Å². The molecule has 22 heavy (non-hydrogen) atoms. The van der Waals surface area contributed by atoms with Gasteiger partial charge in [0.25, 0.3) is 11.6 Å². The lowest BCUT2D eigenvalue weighted by Gasteiger charge is -2.01. The van der Waals surface area contributed by atoms with Crippen molar-refractivity contribution in [2.75, 3.05) is 5.32 Å². The summed E-state index contributed by atoms with van der Waals surface area (Å²) in [6.07, 6.45) is 0. The SMILES string of the molecule is Cc1nc(C)c(NC(=O)c2n[nH]c3ccc([N+](=O)[O-])cc23)s1. The first kappa shape index (κ1) is 14.1. The van der Waals surface area contributed by atoms with E-state index in [-0.39, 0.29) is 11.4 Å². The third-order valence-electron chi connectivity index (χ3n) is 3.10. The molecule has 2 aromatic heterocycles. The van der Waals surface area contributed by atoms with Crippen molar-refractivity contribution in [2.45, 2.75) is 13.8 Å². The number of fused-ring (bicyclic) bond motifs is 1. The topological polar surface area (TPSA) is 114 Å². The molecule has 0 aliphatic rings. The monoisotopic (exact) mass is 317 g/mol. The fourth-order valence-corrected chi connectivity index (χ4v) is 2.91. The molecule has 0 radical (unpaired) electrons. The molecule has 8 nitrogen and oxygen atoms in total. The number of amides is 1. The number of aryl methyl sites for hydroxylation is 2. The largest absolute Gasteiger partial charge is 0.311 e. The summed E-state index contributed by atoms with van der Waals surface area (Å²) < 4.78 is 0. The molecule has 0 atom stereocenters. The Balaban J connectivity index is 1.98. The van der Waals surface area contributed by atoms with Crippen molar-refractivity contribution in [2.24, 2.45) is 0 Å². The molecule has 112 valence electrons. The van der Waals surface area contributed by atoms with Crippen molar-refractivity contribution in [3.63, 3.8) is 0 Å².